The van der Waals surface area contributed by atoms with Crippen molar-refractivity contribution in [3.05, 3.63) is 65.1 Å². The van der Waals surface area contributed by atoms with Crippen molar-refractivity contribution >= 4 is 28.1 Å². The number of halogens is 1. The number of aliphatic hydroxyl groups is 1. The van der Waals surface area contributed by atoms with Crippen LogP contribution in [-0.4, -0.2) is 36.3 Å². The van der Waals surface area contributed by atoms with E-state index in [2.05, 4.69) is 10.3 Å². The molecule has 0 bridgehead atoms. The van der Waals surface area contributed by atoms with Crippen molar-refractivity contribution in [3.8, 4) is 10.4 Å². The second kappa shape index (κ2) is 10.2. The molecule has 7 nitrogen and oxygen atoms in total. The number of hydrogen-bond donors (Lipinski definition) is 3. The summed E-state index contributed by atoms with van der Waals surface area (Å²) in [5.41, 5.74) is 6.10. The third kappa shape index (κ3) is 5.89. The van der Waals surface area contributed by atoms with Crippen molar-refractivity contribution in [2.75, 3.05) is 25.6 Å². The van der Waals surface area contributed by atoms with Crippen LogP contribution in [0.4, 0.5) is 15.2 Å². The zero-order valence-electron chi connectivity index (χ0n) is 18.1. The third-order valence-corrected chi connectivity index (χ3v) is 5.75. The van der Waals surface area contributed by atoms with Gasteiger partial charge in [0.1, 0.15) is 16.6 Å². The Balaban J connectivity index is 1.86. The molecule has 32 heavy (non-hydrogen) atoms. The number of primary amides is 1. The highest BCUT2D eigenvalue weighted by Gasteiger charge is 2.21. The lowest BCUT2D eigenvalue weighted by atomic mass is 9.96. The molecule has 0 aliphatic carbocycles. The molecule has 1 aromatic carbocycles. The normalized spacial score (nSPS) is 11.5. The molecule has 0 fully saturated rings. The number of rotatable bonds is 10. The van der Waals surface area contributed by atoms with E-state index in [1.165, 1.54) is 17.4 Å². The van der Waals surface area contributed by atoms with E-state index in [0.717, 1.165) is 0 Å². The Morgan fingerprint density at radius 2 is 2.03 bits per heavy atom. The number of ether oxygens (including phenoxy) is 2. The zero-order chi connectivity index (χ0) is 23.3. The van der Waals surface area contributed by atoms with Crippen LogP contribution < -0.4 is 11.1 Å². The van der Waals surface area contributed by atoms with Gasteiger partial charge in [-0.1, -0.05) is 18.2 Å². The number of carbonyl (C=O) groups excluding carboxylic acids is 1. The first-order chi connectivity index (χ1) is 15.2. The Morgan fingerprint density at radius 3 is 2.69 bits per heavy atom. The molecule has 0 aliphatic heterocycles. The molecule has 0 atom stereocenters. The highest BCUT2D eigenvalue weighted by molar-refractivity contribution is 7.19. The fourth-order valence-electron chi connectivity index (χ4n) is 2.96. The maximum Gasteiger partial charge on any atom is 0.251 e. The van der Waals surface area contributed by atoms with Crippen LogP contribution >= 0.6 is 11.3 Å². The molecule has 3 rings (SSSR count). The van der Waals surface area contributed by atoms with Gasteiger partial charge < -0.3 is 25.6 Å². The fourth-order valence-corrected chi connectivity index (χ4v) is 4.06. The molecule has 1 amide bonds. The second-order valence-corrected chi connectivity index (χ2v) is 8.71. The fraction of sp³-hybridized carbons (Fsp3) is 0.304. The summed E-state index contributed by atoms with van der Waals surface area (Å²) in [4.78, 5) is 17.0. The summed E-state index contributed by atoms with van der Waals surface area (Å²) in [6.07, 6.45) is 0. The molecule has 4 N–H and O–H groups in total. The Bertz CT molecular complexity index is 1100. The molecule has 170 valence electrons. The van der Waals surface area contributed by atoms with Crippen molar-refractivity contribution < 1.29 is 23.8 Å². The first-order valence-corrected chi connectivity index (χ1v) is 10.8. The quantitative estimate of drug-likeness (QED) is 0.393. The van der Waals surface area contributed by atoms with Crippen molar-refractivity contribution in [2.24, 2.45) is 5.73 Å². The molecule has 0 saturated carbocycles. The van der Waals surface area contributed by atoms with Gasteiger partial charge in [-0.15, -0.1) is 11.3 Å². The summed E-state index contributed by atoms with van der Waals surface area (Å²) in [6, 6.07) is 11.5. The van der Waals surface area contributed by atoms with Crippen LogP contribution in [0.15, 0.2) is 42.5 Å². The lowest BCUT2D eigenvalue weighted by Crippen LogP contribution is -2.15. The molecule has 0 saturated heterocycles. The predicted octanol–water partition coefficient (Wildman–Crippen LogP) is 4.18. The number of amides is 1. The topological polar surface area (TPSA) is 107 Å². The van der Waals surface area contributed by atoms with Crippen LogP contribution in [0.25, 0.3) is 10.4 Å². The summed E-state index contributed by atoms with van der Waals surface area (Å²) < 4.78 is 25.2. The van der Waals surface area contributed by atoms with E-state index in [9.17, 15) is 14.3 Å². The zero-order valence-corrected chi connectivity index (χ0v) is 19.0. The summed E-state index contributed by atoms with van der Waals surface area (Å²) in [5, 5.41) is 13.7. The van der Waals surface area contributed by atoms with Crippen molar-refractivity contribution in [3.63, 3.8) is 0 Å². The monoisotopic (exact) mass is 459 g/mol. The van der Waals surface area contributed by atoms with Gasteiger partial charge in [0.15, 0.2) is 0 Å². The summed E-state index contributed by atoms with van der Waals surface area (Å²) in [5.74, 6) is -0.629. The lowest BCUT2D eigenvalue weighted by molar-refractivity contribution is 0.0602. The van der Waals surface area contributed by atoms with Crippen molar-refractivity contribution in [1.82, 2.24) is 4.98 Å². The van der Waals surface area contributed by atoms with Gasteiger partial charge in [0.25, 0.3) is 5.91 Å². The average Bonchev–Trinajstić information content (AvgIpc) is 3.14. The molecular weight excluding hydrogens is 433 g/mol. The molecular formula is C23H26FN3O4S. The van der Waals surface area contributed by atoms with Crippen LogP contribution in [0.3, 0.4) is 0 Å². The van der Waals surface area contributed by atoms with Gasteiger partial charge in [0.05, 0.1) is 36.7 Å². The number of nitrogens with two attached hydrogens (primary N) is 1. The van der Waals surface area contributed by atoms with Gasteiger partial charge >= 0.3 is 0 Å². The summed E-state index contributed by atoms with van der Waals surface area (Å²) in [6.45, 7) is 4.43. The molecule has 2 aromatic heterocycles. The van der Waals surface area contributed by atoms with E-state index in [4.69, 9.17) is 15.2 Å². The van der Waals surface area contributed by atoms with Gasteiger partial charge in [0.2, 0.25) is 0 Å². The number of aromatic nitrogens is 1. The number of anilines is 2. The predicted molar refractivity (Wildman–Crippen MR) is 123 cm³/mol. The van der Waals surface area contributed by atoms with Gasteiger partial charge in [-0.2, -0.15) is 0 Å². The molecule has 0 aliphatic rings. The summed E-state index contributed by atoms with van der Waals surface area (Å²) >= 11 is 1.19. The maximum absolute atomic E-state index is 14.8. The largest absolute Gasteiger partial charge is 0.386 e. The van der Waals surface area contributed by atoms with Crippen LogP contribution in [0.5, 0.6) is 0 Å². The number of carbonyl (C=O) groups is 1. The minimum Gasteiger partial charge on any atom is -0.386 e. The smallest absolute Gasteiger partial charge is 0.251 e. The van der Waals surface area contributed by atoms with Crippen molar-refractivity contribution in [2.45, 2.75) is 26.1 Å². The molecule has 0 unspecified atom stereocenters. The molecule has 0 radical (unpaired) electrons. The second-order valence-electron chi connectivity index (χ2n) is 7.66. The lowest BCUT2D eigenvalue weighted by Gasteiger charge is -2.18. The standard InChI is InChI=1S/C23H26FN3O4S/c1-23(2,29)14-7-8-16(18(24)11-14)19-12-17(21(25)28)22(32-19)27-20-6-4-5-15(26-20)13-31-10-9-30-3/h4-8,11-12,29H,9-10,13H2,1-3H3,(H2,25,28)(H,26,27). The van der Waals surface area contributed by atoms with E-state index in [1.807, 2.05) is 12.1 Å². The van der Waals surface area contributed by atoms with E-state index in [1.54, 1.807) is 45.2 Å². The number of nitrogens with one attached hydrogen (secondary N) is 1. The number of pyridine rings is 1. The Kier molecular flexibility index (Phi) is 7.57. The molecule has 3 aromatic rings. The van der Waals surface area contributed by atoms with Crippen LogP contribution in [0.1, 0.15) is 35.5 Å². The minimum absolute atomic E-state index is 0.236. The van der Waals surface area contributed by atoms with Gasteiger partial charge in [-0.3, -0.25) is 4.79 Å². The Morgan fingerprint density at radius 1 is 1.25 bits per heavy atom. The Hall–Kier alpha value is -2.85. The molecule has 0 spiro atoms. The SMILES string of the molecule is COCCOCc1cccc(Nc2sc(-c3ccc(C(C)(C)O)cc3F)cc2C(N)=O)n1. The Labute approximate surface area is 190 Å². The van der Waals surface area contributed by atoms with Crippen LogP contribution in [0.2, 0.25) is 0 Å². The number of benzene rings is 1. The number of thiophene rings is 1. The first kappa shape index (κ1) is 23.8. The maximum atomic E-state index is 14.8. The number of nitrogens with zero attached hydrogens (tertiary/aromatic N) is 1. The van der Waals surface area contributed by atoms with E-state index >= 15 is 0 Å². The van der Waals surface area contributed by atoms with Crippen LogP contribution in [0, 0.1) is 5.82 Å². The molecule has 9 heteroatoms. The first-order valence-electron chi connectivity index (χ1n) is 9.95. The van der Waals surface area contributed by atoms with Gasteiger partial charge in [0, 0.05) is 17.6 Å². The average molecular weight is 460 g/mol. The minimum atomic E-state index is -1.16. The van der Waals surface area contributed by atoms with Gasteiger partial charge in [-0.05, 0) is 43.7 Å². The number of hydrogen-bond acceptors (Lipinski definition) is 7. The van der Waals surface area contributed by atoms with E-state index < -0.39 is 17.3 Å². The highest BCUT2D eigenvalue weighted by Crippen LogP contribution is 2.38. The van der Waals surface area contributed by atoms with Gasteiger partial charge in [-0.25, -0.2) is 9.37 Å². The summed E-state index contributed by atoms with van der Waals surface area (Å²) in [7, 11) is 1.60. The third-order valence-electron chi connectivity index (χ3n) is 4.67. The number of methoxy groups -OCH3 is 1. The highest BCUT2D eigenvalue weighted by atomic mass is 32.1. The van der Waals surface area contributed by atoms with E-state index in [-0.39, 0.29) is 5.56 Å². The van der Waals surface area contributed by atoms with Crippen LogP contribution in [-0.2, 0) is 21.7 Å². The molecule has 2 heterocycles. The van der Waals surface area contributed by atoms with Crippen molar-refractivity contribution in [1.29, 1.82) is 0 Å². The van der Waals surface area contributed by atoms with E-state index in [0.29, 0.717) is 52.3 Å².